The maximum absolute atomic E-state index is 10.8. The Bertz CT molecular complexity index is 336. The first-order valence-electron chi connectivity index (χ1n) is 4.04. The van der Waals surface area contributed by atoms with Crippen molar-refractivity contribution in [2.24, 2.45) is 0 Å². The first-order valence-corrected chi connectivity index (χ1v) is 4.41. The van der Waals surface area contributed by atoms with Gasteiger partial charge in [0.05, 0.1) is 24.3 Å². The number of ether oxygens (including phenoxy) is 2. The predicted molar refractivity (Wildman–Crippen MR) is 54.1 cm³/mol. The molecule has 1 aromatic carbocycles. The maximum Gasteiger partial charge on any atom is 0.154 e. The minimum Gasteiger partial charge on any atom is -0.494 e. The van der Waals surface area contributed by atoms with Crippen LogP contribution in [0.3, 0.4) is 0 Å². The average Bonchev–Trinajstić information content (AvgIpc) is 2.20. The summed E-state index contributed by atoms with van der Waals surface area (Å²) >= 11 is 5.86. The molecule has 0 radical (unpaired) electrons. The molecule has 0 saturated carbocycles. The number of hydrogen-bond acceptors (Lipinski definition) is 3. The molecule has 3 nitrogen and oxygen atoms in total. The zero-order valence-corrected chi connectivity index (χ0v) is 8.80. The second kappa shape index (κ2) is 4.98. The summed E-state index contributed by atoms with van der Waals surface area (Å²) in [5.41, 5.74) is 1.21. The van der Waals surface area contributed by atoms with E-state index in [0.717, 1.165) is 11.8 Å². The van der Waals surface area contributed by atoms with E-state index in [4.69, 9.17) is 21.1 Å². The van der Waals surface area contributed by atoms with Gasteiger partial charge in [0.2, 0.25) is 0 Å². The van der Waals surface area contributed by atoms with E-state index < -0.39 is 0 Å². The highest BCUT2D eigenvalue weighted by Gasteiger charge is 2.11. The molecule has 0 atom stereocenters. The minimum atomic E-state index is 0.363. The monoisotopic (exact) mass is 214 g/mol. The zero-order chi connectivity index (χ0) is 10.6. The molecule has 1 rings (SSSR count). The molecule has 76 valence electrons. The summed E-state index contributed by atoms with van der Waals surface area (Å²) in [6, 6.07) is 3.43. The number of carbonyl (C=O) groups is 1. The van der Waals surface area contributed by atoms with Crippen LogP contribution in [0.4, 0.5) is 0 Å². The highest BCUT2D eigenvalue weighted by Crippen LogP contribution is 2.30. The number of hydrogen-bond donors (Lipinski definition) is 0. The largest absolute Gasteiger partial charge is 0.494 e. The molecule has 0 aliphatic rings. The first kappa shape index (κ1) is 11.0. The van der Waals surface area contributed by atoms with Crippen LogP contribution >= 0.6 is 11.6 Å². The van der Waals surface area contributed by atoms with Crippen LogP contribution in [0.5, 0.6) is 5.75 Å². The van der Waals surface area contributed by atoms with Crippen LogP contribution < -0.4 is 4.74 Å². The number of aldehydes is 1. The van der Waals surface area contributed by atoms with E-state index in [0.29, 0.717) is 22.9 Å². The van der Waals surface area contributed by atoms with Crippen molar-refractivity contribution >= 4 is 17.9 Å². The quantitative estimate of drug-likeness (QED) is 0.722. The molecular weight excluding hydrogens is 204 g/mol. The van der Waals surface area contributed by atoms with E-state index in [9.17, 15) is 4.79 Å². The lowest BCUT2D eigenvalue weighted by molar-refractivity contribution is 0.111. The van der Waals surface area contributed by atoms with Gasteiger partial charge in [0.1, 0.15) is 5.75 Å². The number of methoxy groups -OCH3 is 2. The third-order valence-electron chi connectivity index (χ3n) is 1.86. The molecule has 0 aromatic heterocycles. The lowest BCUT2D eigenvalue weighted by atomic mass is 10.1. The second-order valence-corrected chi connectivity index (χ2v) is 3.11. The topological polar surface area (TPSA) is 35.5 Å². The predicted octanol–water partition coefficient (Wildman–Crippen LogP) is 2.31. The molecule has 14 heavy (non-hydrogen) atoms. The smallest absolute Gasteiger partial charge is 0.154 e. The highest BCUT2D eigenvalue weighted by atomic mass is 35.5. The Kier molecular flexibility index (Phi) is 3.92. The van der Waals surface area contributed by atoms with E-state index in [2.05, 4.69) is 0 Å². The van der Waals surface area contributed by atoms with Crippen LogP contribution in [0.2, 0.25) is 5.02 Å². The van der Waals surface area contributed by atoms with Gasteiger partial charge in [-0.2, -0.15) is 0 Å². The van der Waals surface area contributed by atoms with Gasteiger partial charge < -0.3 is 9.47 Å². The average molecular weight is 215 g/mol. The third kappa shape index (κ3) is 2.05. The van der Waals surface area contributed by atoms with Gasteiger partial charge in [-0.25, -0.2) is 0 Å². The molecule has 0 aliphatic carbocycles. The van der Waals surface area contributed by atoms with Crippen LogP contribution in [0.1, 0.15) is 15.9 Å². The van der Waals surface area contributed by atoms with Gasteiger partial charge in [-0.05, 0) is 11.6 Å². The molecule has 0 aliphatic heterocycles. The number of carbonyl (C=O) groups excluding carboxylic acids is 1. The molecule has 0 N–H and O–H groups in total. The zero-order valence-electron chi connectivity index (χ0n) is 8.04. The van der Waals surface area contributed by atoms with Crippen LogP contribution in [-0.2, 0) is 11.3 Å². The van der Waals surface area contributed by atoms with Crippen molar-refractivity contribution in [2.75, 3.05) is 14.2 Å². The van der Waals surface area contributed by atoms with Crippen LogP contribution in [-0.4, -0.2) is 20.5 Å². The summed E-state index contributed by atoms with van der Waals surface area (Å²) in [7, 11) is 3.04. The summed E-state index contributed by atoms with van der Waals surface area (Å²) in [5.74, 6) is 0.399. The summed E-state index contributed by atoms with van der Waals surface area (Å²) < 4.78 is 9.99. The fourth-order valence-electron chi connectivity index (χ4n) is 1.23. The Morgan fingerprint density at radius 1 is 1.43 bits per heavy atom. The fourth-order valence-corrected chi connectivity index (χ4v) is 1.47. The fraction of sp³-hybridized carbons (Fsp3) is 0.300. The Labute approximate surface area is 87.6 Å². The van der Waals surface area contributed by atoms with Crippen molar-refractivity contribution in [3.05, 3.63) is 28.3 Å². The molecule has 0 spiro atoms. The third-order valence-corrected chi connectivity index (χ3v) is 2.16. The Balaban J connectivity index is 3.25. The van der Waals surface area contributed by atoms with E-state index >= 15 is 0 Å². The molecule has 4 heteroatoms. The van der Waals surface area contributed by atoms with Gasteiger partial charge in [-0.1, -0.05) is 17.7 Å². The summed E-state index contributed by atoms with van der Waals surface area (Å²) in [6.45, 7) is 0.363. The molecule has 0 unspecified atom stereocenters. The summed E-state index contributed by atoms with van der Waals surface area (Å²) in [5, 5.41) is 0.425. The van der Waals surface area contributed by atoms with Gasteiger partial charge in [0.15, 0.2) is 6.29 Å². The lowest BCUT2D eigenvalue weighted by Gasteiger charge is -2.10. The standard InChI is InChI=1S/C10H11ClO3/c1-13-6-7-3-4-9(11)10(14-2)8(7)5-12/h3-5H,6H2,1-2H3. The van der Waals surface area contributed by atoms with Gasteiger partial charge in [0, 0.05) is 7.11 Å². The molecule has 0 amide bonds. The Morgan fingerprint density at radius 3 is 2.64 bits per heavy atom. The molecule has 0 bridgehead atoms. The highest BCUT2D eigenvalue weighted by molar-refractivity contribution is 6.32. The molecule has 0 fully saturated rings. The van der Waals surface area contributed by atoms with E-state index in [1.54, 1.807) is 19.2 Å². The van der Waals surface area contributed by atoms with Gasteiger partial charge >= 0.3 is 0 Å². The lowest BCUT2D eigenvalue weighted by Crippen LogP contribution is -1.99. The number of benzene rings is 1. The van der Waals surface area contributed by atoms with Crippen LogP contribution in [0, 0.1) is 0 Å². The molecule has 1 aromatic rings. The molecule has 0 heterocycles. The maximum atomic E-state index is 10.8. The van der Waals surface area contributed by atoms with Crippen molar-refractivity contribution in [1.82, 2.24) is 0 Å². The molecular formula is C10H11ClO3. The van der Waals surface area contributed by atoms with Crippen molar-refractivity contribution in [2.45, 2.75) is 6.61 Å². The first-order chi connectivity index (χ1) is 6.74. The van der Waals surface area contributed by atoms with Gasteiger partial charge in [-0.15, -0.1) is 0 Å². The van der Waals surface area contributed by atoms with Gasteiger partial charge in [-0.3, -0.25) is 4.79 Å². The van der Waals surface area contributed by atoms with Crippen LogP contribution in [0.15, 0.2) is 12.1 Å². The van der Waals surface area contributed by atoms with Gasteiger partial charge in [0.25, 0.3) is 0 Å². The van der Waals surface area contributed by atoms with E-state index in [1.807, 2.05) is 0 Å². The Hall–Kier alpha value is -1.06. The Morgan fingerprint density at radius 2 is 2.14 bits per heavy atom. The van der Waals surface area contributed by atoms with E-state index in [-0.39, 0.29) is 0 Å². The molecule has 0 saturated heterocycles. The second-order valence-electron chi connectivity index (χ2n) is 2.70. The van der Waals surface area contributed by atoms with Crippen molar-refractivity contribution < 1.29 is 14.3 Å². The van der Waals surface area contributed by atoms with Crippen molar-refractivity contribution in [1.29, 1.82) is 0 Å². The summed E-state index contributed by atoms with van der Waals surface area (Å²) in [6.07, 6.45) is 0.721. The van der Waals surface area contributed by atoms with Crippen LogP contribution in [0.25, 0.3) is 0 Å². The SMILES string of the molecule is COCc1ccc(Cl)c(OC)c1C=O. The van der Waals surface area contributed by atoms with Crippen molar-refractivity contribution in [3.8, 4) is 5.75 Å². The minimum absolute atomic E-state index is 0.363. The normalized spacial score (nSPS) is 9.93. The van der Waals surface area contributed by atoms with Crippen molar-refractivity contribution in [3.63, 3.8) is 0 Å². The summed E-state index contributed by atoms with van der Waals surface area (Å²) in [4.78, 5) is 10.8. The number of halogens is 1. The number of rotatable bonds is 4. The van der Waals surface area contributed by atoms with E-state index in [1.165, 1.54) is 7.11 Å².